The maximum absolute atomic E-state index is 12.7. The van der Waals surface area contributed by atoms with Crippen molar-refractivity contribution in [2.24, 2.45) is 0 Å². The third-order valence-corrected chi connectivity index (χ3v) is 5.32. The molecule has 0 atom stereocenters. The fourth-order valence-corrected chi connectivity index (χ4v) is 3.55. The van der Waals surface area contributed by atoms with Gasteiger partial charge >= 0.3 is 0 Å². The summed E-state index contributed by atoms with van der Waals surface area (Å²) in [6.07, 6.45) is 1.46. The summed E-state index contributed by atoms with van der Waals surface area (Å²) in [6.45, 7) is 4.71. The molecule has 156 valence electrons. The molecule has 0 aliphatic carbocycles. The predicted octanol–water partition coefficient (Wildman–Crippen LogP) is 2.30. The summed E-state index contributed by atoms with van der Waals surface area (Å²) < 4.78 is 10.6. The molecule has 1 aromatic heterocycles. The lowest BCUT2D eigenvalue weighted by molar-refractivity contribution is 0.0342. The first-order chi connectivity index (χ1) is 14.6. The van der Waals surface area contributed by atoms with E-state index in [2.05, 4.69) is 27.3 Å². The SMILES string of the molecule is COc1ccc2[nH]cc(C(=O)NCc3ccc(CN4CCOCC4)cc3)c(=O)c2c1. The van der Waals surface area contributed by atoms with Crippen LogP contribution in [0, 0.1) is 0 Å². The van der Waals surface area contributed by atoms with Crippen LogP contribution in [-0.4, -0.2) is 49.2 Å². The molecule has 7 heteroatoms. The van der Waals surface area contributed by atoms with Crippen LogP contribution >= 0.6 is 0 Å². The van der Waals surface area contributed by atoms with Gasteiger partial charge in [0, 0.05) is 43.3 Å². The van der Waals surface area contributed by atoms with Crippen LogP contribution in [-0.2, 0) is 17.8 Å². The highest BCUT2D eigenvalue weighted by Crippen LogP contribution is 2.17. The van der Waals surface area contributed by atoms with E-state index in [0.717, 1.165) is 38.4 Å². The Balaban J connectivity index is 1.40. The van der Waals surface area contributed by atoms with Gasteiger partial charge in [-0.2, -0.15) is 0 Å². The molecule has 1 aliphatic heterocycles. The van der Waals surface area contributed by atoms with Gasteiger partial charge in [0.1, 0.15) is 11.3 Å². The summed E-state index contributed by atoms with van der Waals surface area (Å²) in [6, 6.07) is 13.3. The molecular formula is C23H25N3O4. The number of morpholine rings is 1. The van der Waals surface area contributed by atoms with E-state index < -0.39 is 5.91 Å². The number of benzene rings is 2. The molecule has 1 aliphatic rings. The average Bonchev–Trinajstić information content (AvgIpc) is 2.79. The number of nitrogens with zero attached hydrogens (tertiary/aromatic N) is 1. The summed E-state index contributed by atoms with van der Waals surface area (Å²) in [5.41, 5.74) is 2.63. The highest BCUT2D eigenvalue weighted by atomic mass is 16.5. The summed E-state index contributed by atoms with van der Waals surface area (Å²) in [5, 5.41) is 3.26. The predicted molar refractivity (Wildman–Crippen MR) is 115 cm³/mol. The lowest BCUT2D eigenvalue weighted by Crippen LogP contribution is -2.35. The van der Waals surface area contributed by atoms with E-state index in [0.29, 0.717) is 23.2 Å². The summed E-state index contributed by atoms with van der Waals surface area (Å²) in [4.78, 5) is 30.7. The minimum Gasteiger partial charge on any atom is -0.497 e. The van der Waals surface area contributed by atoms with Gasteiger partial charge in [0.25, 0.3) is 5.91 Å². The first-order valence-electron chi connectivity index (χ1n) is 9.99. The van der Waals surface area contributed by atoms with Crippen LogP contribution in [0.1, 0.15) is 21.5 Å². The number of fused-ring (bicyclic) bond motifs is 1. The van der Waals surface area contributed by atoms with Crippen LogP contribution in [0.25, 0.3) is 10.9 Å². The number of carbonyl (C=O) groups excluding carboxylic acids is 1. The fourth-order valence-electron chi connectivity index (χ4n) is 3.55. The van der Waals surface area contributed by atoms with Gasteiger partial charge < -0.3 is 19.8 Å². The monoisotopic (exact) mass is 407 g/mol. The number of carbonyl (C=O) groups is 1. The van der Waals surface area contributed by atoms with Crippen molar-refractivity contribution in [2.45, 2.75) is 13.1 Å². The standard InChI is InChI=1S/C23H25N3O4/c1-29-18-6-7-21-19(12-18)22(27)20(14-24-21)23(28)25-13-16-2-4-17(5-3-16)15-26-8-10-30-11-9-26/h2-7,12,14H,8-11,13,15H2,1H3,(H,24,27)(H,25,28). The number of aromatic amines is 1. The van der Waals surface area contributed by atoms with Gasteiger partial charge in [-0.1, -0.05) is 24.3 Å². The van der Waals surface area contributed by atoms with Crippen molar-refractivity contribution >= 4 is 16.8 Å². The number of methoxy groups -OCH3 is 1. The molecule has 2 heterocycles. The Kier molecular flexibility index (Phi) is 6.11. The number of aromatic nitrogens is 1. The molecule has 1 amide bonds. The van der Waals surface area contributed by atoms with E-state index in [1.54, 1.807) is 18.2 Å². The number of rotatable bonds is 6. The zero-order valence-corrected chi connectivity index (χ0v) is 16.9. The zero-order valence-electron chi connectivity index (χ0n) is 16.9. The van der Waals surface area contributed by atoms with E-state index in [9.17, 15) is 9.59 Å². The second kappa shape index (κ2) is 9.11. The Hall–Kier alpha value is -3.16. The number of H-pyrrole nitrogens is 1. The topological polar surface area (TPSA) is 83.7 Å². The number of hydrogen-bond acceptors (Lipinski definition) is 5. The minimum atomic E-state index is -0.404. The maximum Gasteiger partial charge on any atom is 0.257 e. The van der Waals surface area contributed by atoms with Crippen molar-refractivity contribution < 1.29 is 14.3 Å². The third-order valence-electron chi connectivity index (χ3n) is 5.32. The van der Waals surface area contributed by atoms with Crippen molar-refractivity contribution in [3.63, 3.8) is 0 Å². The van der Waals surface area contributed by atoms with Gasteiger partial charge in [0.2, 0.25) is 5.43 Å². The van der Waals surface area contributed by atoms with Gasteiger partial charge in [0.15, 0.2) is 0 Å². The molecule has 3 aromatic rings. The van der Waals surface area contributed by atoms with E-state index in [1.165, 1.54) is 18.9 Å². The van der Waals surface area contributed by atoms with Crippen molar-refractivity contribution in [1.82, 2.24) is 15.2 Å². The molecule has 0 saturated carbocycles. The highest BCUT2D eigenvalue weighted by molar-refractivity contribution is 5.97. The van der Waals surface area contributed by atoms with Crippen molar-refractivity contribution in [2.75, 3.05) is 33.4 Å². The number of hydrogen-bond donors (Lipinski definition) is 2. The molecule has 4 rings (SSSR count). The van der Waals surface area contributed by atoms with Crippen LogP contribution in [0.2, 0.25) is 0 Å². The van der Waals surface area contributed by atoms with Crippen molar-refractivity contribution in [1.29, 1.82) is 0 Å². The van der Waals surface area contributed by atoms with Gasteiger partial charge in [-0.25, -0.2) is 0 Å². The van der Waals surface area contributed by atoms with E-state index in [1.807, 2.05) is 12.1 Å². The molecule has 2 aromatic carbocycles. The van der Waals surface area contributed by atoms with Crippen LogP contribution in [0.5, 0.6) is 5.75 Å². The number of amides is 1. The van der Waals surface area contributed by atoms with Gasteiger partial charge in [-0.3, -0.25) is 14.5 Å². The number of pyridine rings is 1. The normalized spacial score (nSPS) is 14.6. The summed E-state index contributed by atoms with van der Waals surface area (Å²) >= 11 is 0. The second-order valence-electron chi connectivity index (χ2n) is 7.33. The maximum atomic E-state index is 12.7. The van der Waals surface area contributed by atoms with Crippen molar-refractivity contribution in [3.05, 3.63) is 75.6 Å². The van der Waals surface area contributed by atoms with Crippen molar-refractivity contribution in [3.8, 4) is 5.75 Å². The lowest BCUT2D eigenvalue weighted by atomic mass is 10.1. The Morgan fingerprint density at radius 3 is 2.60 bits per heavy atom. The van der Waals surface area contributed by atoms with Crippen LogP contribution < -0.4 is 15.5 Å². The van der Waals surface area contributed by atoms with Gasteiger partial charge in [-0.15, -0.1) is 0 Å². The summed E-state index contributed by atoms with van der Waals surface area (Å²) in [5.74, 6) is 0.168. The number of nitrogens with one attached hydrogen (secondary N) is 2. The first-order valence-corrected chi connectivity index (χ1v) is 9.99. The molecule has 0 radical (unpaired) electrons. The number of ether oxygens (including phenoxy) is 2. The molecule has 2 N–H and O–H groups in total. The Bertz CT molecular complexity index is 1090. The smallest absolute Gasteiger partial charge is 0.257 e. The molecular weight excluding hydrogens is 382 g/mol. The van der Waals surface area contributed by atoms with Gasteiger partial charge in [0.05, 0.1) is 20.3 Å². The molecule has 30 heavy (non-hydrogen) atoms. The Morgan fingerprint density at radius 1 is 1.13 bits per heavy atom. The molecule has 0 bridgehead atoms. The molecule has 1 saturated heterocycles. The van der Waals surface area contributed by atoms with Crippen LogP contribution in [0.3, 0.4) is 0 Å². The molecule has 7 nitrogen and oxygen atoms in total. The first kappa shape index (κ1) is 20.1. The fraction of sp³-hybridized carbons (Fsp3) is 0.304. The molecule has 0 unspecified atom stereocenters. The van der Waals surface area contributed by atoms with Crippen LogP contribution in [0.15, 0.2) is 53.5 Å². The lowest BCUT2D eigenvalue weighted by Gasteiger charge is -2.26. The molecule has 0 spiro atoms. The van der Waals surface area contributed by atoms with E-state index >= 15 is 0 Å². The highest BCUT2D eigenvalue weighted by Gasteiger charge is 2.14. The summed E-state index contributed by atoms with van der Waals surface area (Å²) in [7, 11) is 1.54. The van der Waals surface area contributed by atoms with E-state index in [-0.39, 0.29) is 11.0 Å². The Morgan fingerprint density at radius 2 is 1.87 bits per heavy atom. The van der Waals surface area contributed by atoms with Crippen LogP contribution in [0.4, 0.5) is 0 Å². The quantitative estimate of drug-likeness (QED) is 0.655. The third kappa shape index (κ3) is 4.53. The second-order valence-corrected chi connectivity index (χ2v) is 7.33. The Labute approximate surface area is 174 Å². The molecule has 1 fully saturated rings. The largest absolute Gasteiger partial charge is 0.497 e. The minimum absolute atomic E-state index is 0.0830. The van der Waals surface area contributed by atoms with Gasteiger partial charge in [-0.05, 0) is 29.3 Å². The van der Waals surface area contributed by atoms with E-state index in [4.69, 9.17) is 9.47 Å². The zero-order chi connectivity index (χ0) is 20.9. The average molecular weight is 407 g/mol.